The molecule has 3 unspecified atom stereocenters. The summed E-state index contributed by atoms with van der Waals surface area (Å²) in [5.74, 6) is -1.64. The van der Waals surface area contributed by atoms with Crippen molar-refractivity contribution in [1.82, 2.24) is 10.2 Å². The maximum Gasteiger partial charge on any atom is 0.407 e. The van der Waals surface area contributed by atoms with E-state index in [0.717, 1.165) is 35.1 Å². The number of benzene rings is 2. The summed E-state index contributed by atoms with van der Waals surface area (Å²) in [6.45, 7) is 7.90. The first-order chi connectivity index (χ1) is 16.6. The Kier molecular flexibility index (Phi) is 6.88. The van der Waals surface area contributed by atoms with Gasteiger partial charge >= 0.3 is 12.1 Å². The number of carbonyl (C=O) groups excluding carboxylic acids is 2. The summed E-state index contributed by atoms with van der Waals surface area (Å²) in [5, 5.41) is 12.5. The second-order valence-corrected chi connectivity index (χ2v) is 10.7. The number of hydrogen-bond acceptors (Lipinski definition) is 4. The first kappa shape index (κ1) is 24.8. The molecule has 1 saturated heterocycles. The quantitative estimate of drug-likeness (QED) is 0.652. The molecule has 2 aliphatic rings. The van der Waals surface area contributed by atoms with Crippen LogP contribution in [0.15, 0.2) is 48.5 Å². The van der Waals surface area contributed by atoms with Gasteiger partial charge in [0.1, 0.15) is 18.7 Å². The minimum Gasteiger partial charge on any atom is -0.480 e. The van der Waals surface area contributed by atoms with Crippen LogP contribution in [0.3, 0.4) is 0 Å². The molecule has 4 rings (SSSR count). The molecule has 0 saturated carbocycles. The summed E-state index contributed by atoms with van der Waals surface area (Å²) in [6.07, 6.45) is 0.802. The molecule has 1 heterocycles. The maximum atomic E-state index is 13.5. The van der Waals surface area contributed by atoms with E-state index in [1.54, 1.807) is 0 Å². The molecular formula is C28H34N2O5. The number of nitrogens with zero attached hydrogens (tertiary/aromatic N) is 1. The number of amides is 2. The molecule has 35 heavy (non-hydrogen) atoms. The van der Waals surface area contributed by atoms with Crippen LogP contribution in [0, 0.1) is 11.3 Å². The van der Waals surface area contributed by atoms with Crippen molar-refractivity contribution >= 4 is 18.0 Å². The minimum atomic E-state index is -1.01. The second kappa shape index (κ2) is 9.72. The van der Waals surface area contributed by atoms with Crippen LogP contribution >= 0.6 is 0 Å². The molecular weight excluding hydrogens is 444 g/mol. The number of nitrogens with one attached hydrogen (secondary N) is 1. The molecule has 2 amide bonds. The molecule has 1 aliphatic carbocycles. The zero-order chi connectivity index (χ0) is 25.3. The number of carboxylic acid groups (broad SMARTS) is 1. The smallest absolute Gasteiger partial charge is 0.407 e. The topological polar surface area (TPSA) is 95.9 Å². The Morgan fingerprint density at radius 1 is 1.06 bits per heavy atom. The van der Waals surface area contributed by atoms with Crippen molar-refractivity contribution in [3.05, 3.63) is 59.7 Å². The molecule has 0 spiro atoms. The Hall–Kier alpha value is -3.35. The highest BCUT2D eigenvalue weighted by molar-refractivity contribution is 5.90. The van der Waals surface area contributed by atoms with E-state index >= 15 is 0 Å². The van der Waals surface area contributed by atoms with Gasteiger partial charge < -0.3 is 20.1 Å². The highest BCUT2D eigenvalue weighted by Crippen LogP contribution is 2.44. The molecule has 2 aromatic carbocycles. The van der Waals surface area contributed by atoms with Gasteiger partial charge in [-0.1, -0.05) is 76.2 Å². The largest absolute Gasteiger partial charge is 0.480 e. The first-order valence-electron chi connectivity index (χ1n) is 12.2. The van der Waals surface area contributed by atoms with E-state index in [4.69, 9.17) is 4.74 Å². The lowest BCUT2D eigenvalue weighted by Gasteiger charge is -2.41. The molecule has 0 bridgehead atoms. The van der Waals surface area contributed by atoms with Crippen molar-refractivity contribution in [3.8, 4) is 11.1 Å². The fraction of sp³-hybridized carbons (Fsp3) is 0.464. The van der Waals surface area contributed by atoms with E-state index in [1.807, 2.05) is 64.1 Å². The number of carboxylic acids is 1. The normalized spacial score (nSPS) is 20.5. The van der Waals surface area contributed by atoms with Gasteiger partial charge in [-0.2, -0.15) is 0 Å². The Labute approximate surface area is 206 Å². The molecule has 1 aliphatic heterocycles. The number of alkyl carbamates (subject to hydrolysis) is 1. The van der Waals surface area contributed by atoms with E-state index in [0.29, 0.717) is 6.54 Å². The lowest BCUT2D eigenvalue weighted by molar-refractivity contribution is -0.156. The first-order valence-corrected chi connectivity index (χ1v) is 12.2. The van der Waals surface area contributed by atoms with Gasteiger partial charge in [-0.3, -0.25) is 4.79 Å². The average molecular weight is 479 g/mol. The summed E-state index contributed by atoms with van der Waals surface area (Å²) in [7, 11) is 0. The highest BCUT2D eigenvalue weighted by Gasteiger charge is 2.43. The minimum absolute atomic E-state index is 0.0868. The van der Waals surface area contributed by atoms with Crippen LogP contribution in [0.4, 0.5) is 4.79 Å². The van der Waals surface area contributed by atoms with Crippen LogP contribution in [0.5, 0.6) is 0 Å². The number of aliphatic carboxylic acids is 1. The molecule has 0 radical (unpaired) electrons. The lowest BCUT2D eigenvalue weighted by Crippen LogP contribution is -2.60. The molecule has 186 valence electrons. The molecule has 7 nitrogen and oxygen atoms in total. The van der Waals surface area contributed by atoms with Gasteiger partial charge in [-0.15, -0.1) is 0 Å². The van der Waals surface area contributed by atoms with Crippen molar-refractivity contribution in [2.75, 3.05) is 13.2 Å². The van der Waals surface area contributed by atoms with Crippen LogP contribution in [-0.2, 0) is 14.3 Å². The van der Waals surface area contributed by atoms with E-state index in [9.17, 15) is 19.5 Å². The zero-order valence-corrected chi connectivity index (χ0v) is 20.8. The molecule has 2 N–H and O–H groups in total. The van der Waals surface area contributed by atoms with Crippen LogP contribution in [0.1, 0.15) is 57.6 Å². The summed E-state index contributed by atoms with van der Waals surface area (Å²) >= 11 is 0. The summed E-state index contributed by atoms with van der Waals surface area (Å²) < 4.78 is 5.66. The zero-order valence-electron chi connectivity index (χ0n) is 20.8. The SMILES string of the molecule is CC1CCCN(C(=O)C(NC(=O)OCC2c3ccccc3-c3ccccc32)C(C)(C)C)C1C(=O)O. The summed E-state index contributed by atoms with van der Waals surface area (Å²) in [6, 6.07) is 14.4. The van der Waals surface area contributed by atoms with Gasteiger partial charge in [-0.25, -0.2) is 9.59 Å². The van der Waals surface area contributed by atoms with Gasteiger partial charge in [0.2, 0.25) is 5.91 Å². The Morgan fingerprint density at radius 2 is 1.63 bits per heavy atom. The molecule has 3 atom stereocenters. The summed E-state index contributed by atoms with van der Waals surface area (Å²) in [4.78, 5) is 39.8. The number of carbonyl (C=O) groups is 3. The van der Waals surface area contributed by atoms with E-state index in [-0.39, 0.29) is 24.3 Å². The van der Waals surface area contributed by atoms with E-state index in [2.05, 4.69) is 17.4 Å². The summed E-state index contributed by atoms with van der Waals surface area (Å²) in [5.41, 5.74) is 3.86. The predicted molar refractivity (Wildman–Crippen MR) is 133 cm³/mol. The molecule has 0 aromatic heterocycles. The van der Waals surface area contributed by atoms with Crippen molar-refractivity contribution in [2.45, 2.75) is 58.5 Å². The van der Waals surface area contributed by atoms with Gasteiger partial charge in [0.05, 0.1) is 0 Å². The van der Waals surface area contributed by atoms with Crippen molar-refractivity contribution in [3.63, 3.8) is 0 Å². The number of ether oxygens (including phenoxy) is 1. The number of fused-ring (bicyclic) bond motifs is 3. The third-order valence-electron chi connectivity index (χ3n) is 7.19. The fourth-order valence-electron chi connectivity index (χ4n) is 5.38. The van der Waals surface area contributed by atoms with E-state index in [1.165, 1.54) is 4.90 Å². The third kappa shape index (κ3) is 4.90. The van der Waals surface area contributed by atoms with Crippen LogP contribution in [-0.4, -0.2) is 53.2 Å². The van der Waals surface area contributed by atoms with E-state index < -0.39 is 29.6 Å². The van der Waals surface area contributed by atoms with Gasteiger partial charge in [-0.05, 0) is 46.4 Å². The maximum absolute atomic E-state index is 13.5. The van der Waals surface area contributed by atoms with Crippen molar-refractivity contribution in [2.24, 2.45) is 11.3 Å². The average Bonchev–Trinajstić information content (AvgIpc) is 3.13. The Balaban J connectivity index is 1.48. The van der Waals surface area contributed by atoms with Crippen molar-refractivity contribution in [1.29, 1.82) is 0 Å². The Morgan fingerprint density at radius 3 is 2.17 bits per heavy atom. The molecule has 7 heteroatoms. The Bertz CT molecular complexity index is 1080. The second-order valence-electron chi connectivity index (χ2n) is 10.7. The van der Waals surface area contributed by atoms with Gasteiger partial charge in [0.25, 0.3) is 0 Å². The monoisotopic (exact) mass is 478 g/mol. The number of piperidine rings is 1. The van der Waals surface area contributed by atoms with Crippen LogP contribution < -0.4 is 5.32 Å². The van der Waals surface area contributed by atoms with Crippen LogP contribution in [0.25, 0.3) is 11.1 Å². The number of likely N-dealkylation sites (tertiary alicyclic amines) is 1. The van der Waals surface area contributed by atoms with Crippen molar-refractivity contribution < 1.29 is 24.2 Å². The van der Waals surface area contributed by atoms with Gasteiger partial charge in [0, 0.05) is 12.5 Å². The molecule has 2 aromatic rings. The number of hydrogen-bond donors (Lipinski definition) is 2. The number of rotatable bonds is 5. The third-order valence-corrected chi connectivity index (χ3v) is 7.19. The lowest BCUT2D eigenvalue weighted by atomic mass is 9.83. The fourth-order valence-corrected chi connectivity index (χ4v) is 5.38. The molecule has 1 fully saturated rings. The predicted octanol–water partition coefficient (Wildman–Crippen LogP) is 4.65. The van der Waals surface area contributed by atoms with Gasteiger partial charge in [0.15, 0.2) is 0 Å². The standard InChI is InChI=1S/C28H34N2O5/c1-17-10-9-15-30(23(17)26(32)33)25(31)24(28(2,3)4)29-27(34)35-16-22-20-13-7-5-11-18(20)19-12-6-8-14-21(19)22/h5-8,11-14,17,22-24H,9-10,15-16H2,1-4H3,(H,29,34)(H,32,33). The highest BCUT2D eigenvalue weighted by atomic mass is 16.5. The van der Waals surface area contributed by atoms with Crippen LogP contribution in [0.2, 0.25) is 0 Å².